The van der Waals surface area contributed by atoms with E-state index in [4.69, 9.17) is 23.2 Å². The number of amides is 4. The van der Waals surface area contributed by atoms with E-state index in [0.29, 0.717) is 28.5 Å². The fraction of sp³-hybridized carbons (Fsp3) is 0.400. The standard InChI is InChI=1S/C30H33Cl2N3O4/c1-19(2)33-28(37)26(16-20-8-4-3-5-9-20)35(18-21-12-13-22(31)17-25(21)32)27(36)14-15-34-29(38)23-10-6-7-11-24(23)30(34)39/h3-9,12-13,17,19,23-24,26H,10-11,14-16,18H2,1-2H3,(H,33,37)/t23-,24+,26-/m1/s1. The number of benzene rings is 2. The molecule has 7 nitrogen and oxygen atoms in total. The molecule has 9 heteroatoms. The molecular weight excluding hydrogens is 537 g/mol. The summed E-state index contributed by atoms with van der Waals surface area (Å²) in [6.07, 6.45) is 5.12. The number of carbonyl (C=O) groups excluding carboxylic acids is 4. The van der Waals surface area contributed by atoms with Gasteiger partial charge < -0.3 is 10.2 Å². The van der Waals surface area contributed by atoms with Gasteiger partial charge in [0, 0.05) is 42.0 Å². The Balaban J connectivity index is 1.61. The lowest BCUT2D eigenvalue weighted by molar-refractivity contribution is -0.144. The summed E-state index contributed by atoms with van der Waals surface area (Å²) in [5.74, 6) is -1.82. The predicted octanol–water partition coefficient (Wildman–Crippen LogP) is 4.80. The van der Waals surface area contributed by atoms with Crippen LogP contribution in [0, 0.1) is 11.8 Å². The summed E-state index contributed by atoms with van der Waals surface area (Å²) < 4.78 is 0. The van der Waals surface area contributed by atoms with E-state index in [2.05, 4.69) is 5.32 Å². The Morgan fingerprint density at radius 1 is 1.00 bits per heavy atom. The Morgan fingerprint density at radius 2 is 1.64 bits per heavy atom. The third-order valence-corrected chi connectivity index (χ3v) is 7.79. The van der Waals surface area contributed by atoms with E-state index in [9.17, 15) is 19.2 Å². The van der Waals surface area contributed by atoms with Gasteiger partial charge in [-0.15, -0.1) is 0 Å². The second kappa shape index (κ2) is 12.8. The Labute approximate surface area is 239 Å². The molecule has 2 aromatic rings. The SMILES string of the molecule is CC(C)NC(=O)[C@@H](Cc1ccccc1)N(Cc1ccc(Cl)cc1Cl)C(=O)CCN1C(=O)[C@H]2CC=CC[C@H]2C1=O. The van der Waals surface area contributed by atoms with Crippen LogP contribution < -0.4 is 5.32 Å². The molecule has 1 heterocycles. The van der Waals surface area contributed by atoms with Crippen LogP contribution in [-0.4, -0.2) is 52.1 Å². The lowest BCUT2D eigenvalue weighted by Crippen LogP contribution is -2.52. The minimum atomic E-state index is -0.842. The zero-order valence-electron chi connectivity index (χ0n) is 22.1. The van der Waals surface area contributed by atoms with Crippen LogP contribution in [0.2, 0.25) is 10.0 Å². The van der Waals surface area contributed by atoms with Gasteiger partial charge in [-0.1, -0.05) is 71.8 Å². The van der Waals surface area contributed by atoms with Crippen LogP contribution in [0.25, 0.3) is 0 Å². The monoisotopic (exact) mass is 569 g/mol. The van der Waals surface area contributed by atoms with Crippen molar-refractivity contribution in [2.45, 2.75) is 58.2 Å². The van der Waals surface area contributed by atoms with Crippen molar-refractivity contribution >= 4 is 46.8 Å². The maximum atomic E-state index is 13.8. The predicted molar refractivity (Wildman–Crippen MR) is 151 cm³/mol. The maximum Gasteiger partial charge on any atom is 0.243 e. The van der Waals surface area contributed by atoms with E-state index < -0.39 is 6.04 Å². The summed E-state index contributed by atoms with van der Waals surface area (Å²) in [6.45, 7) is 3.75. The van der Waals surface area contributed by atoms with Crippen molar-refractivity contribution in [3.05, 3.63) is 81.9 Å². The van der Waals surface area contributed by atoms with Crippen molar-refractivity contribution in [3.63, 3.8) is 0 Å². The fourth-order valence-corrected chi connectivity index (χ4v) is 5.68. The van der Waals surface area contributed by atoms with Crippen molar-refractivity contribution in [1.82, 2.24) is 15.1 Å². The lowest BCUT2D eigenvalue weighted by Gasteiger charge is -2.32. The van der Waals surface area contributed by atoms with Gasteiger partial charge in [-0.3, -0.25) is 24.1 Å². The van der Waals surface area contributed by atoms with E-state index >= 15 is 0 Å². The molecule has 1 aliphatic carbocycles. The van der Waals surface area contributed by atoms with Gasteiger partial charge in [0.25, 0.3) is 0 Å². The molecule has 0 spiro atoms. The molecule has 1 fully saturated rings. The average Bonchev–Trinajstić information content (AvgIpc) is 3.15. The largest absolute Gasteiger partial charge is 0.352 e. The molecule has 2 aliphatic rings. The molecule has 3 atom stereocenters. The van der Waals surface area contributed by atoms with Gasteiger partial charge >= 0.3 is 0 Å². The highest BCUT2D eigenvalue weighted by molar-refractivity contribution is 6.35. The van der Waals surface area contributed by atoms with Crippen molar-refractivity contribution in [2.75, 3.05) is 6.54 Å². The molecule has 0 aromatic heterocycles. The topological polar surface area (TPSA) is 86.8 Å². The molecule has 206 valence electrons. The highest BCUT2D eigenvalue weighted by Gasteiger charge is 2.47. The number of rotatable bonds is 10. The van der Waals surface area contributed by atoms with Crippen molar-refractivity contribution < 1.29 is 19.2 Å². The summed E-state index contributed by atoms with van der Waals surface area (Å²) in [5.41, 5.74) is 1.53. The third-order valence-electron chi connectivity index (χ3n) is 7.21. The lowest BCUT2D eigenvalue weighted by atomic mass is 9.85. The van der Waals surface area contributed by atoms with Gasteiger partial charge in [-0.05, 0) is 49.9 Å². The molecular formula is C30H33Cl2N3O4. The Hall–Kier alpha value is -3.16. The van der Waals surface area contributed by atoms with Gasteiger partial charge in [0.1, 0.15) is 6.04 Å². The minimum Gasteiger partial charge on any atom is -0.352 e. The first-order chi connectivity index (χ1) is 18.7. The van der Waals surface area contributed by atoms with Crippen molar-refractivity contribution in [2.24, 2.45) is 11.8 Å². The minimum absolute atomic E-state index is 0.0296. The number of nitrogens with zero attached hydrogens (tertiary/aromatic N) is 2. The number of imide groups is 1. The van der Waals surface area contributed by atoms with Crippen molar-refractivity contribution in [1.29, 1.82) is 0 Å². The van der Waals surface area contributed by atoms with E-state index in [-0.39, 0.29) is 67.4 Å². The zero-order valence-corrected chi connectivity index (χ0v) is 23.6. The normalized spacial score (nSPS) is 19.3. The van der Waals surface area contributed by atoms with Crippen LogP contribution >= 0.6 is 23.2 Å². The number of carbonyl (C=O) groups is 4. The second-order valence-electron chi connectivity index (χ2n) is 10.4. The zero-order chi connectivity index (χ0) is 28.1. The van der Waals surface area contributed by atoms with E-state index in [0.717, 1.165) is 5.56 Å². The summed E-state index contributed by atoms with van der Waals surface area (Å²) in [5, 5.41) is 3.78. The van der Waals surface area contributed by atoms with Crippen LogP contribution in [0.5, 0.6) is 0 Å². The number of halogens is 2. The van der Waals surface area contributed by atoms with Crippen molar-refractivity contribution in [3.8, 4) is 0 Å². The van der Waals surface area contributed by atoms with Crippen LogP contribution in [0.15, 0.2) is 60.7 Å². The summed E-state index contributed by atoms with van der Waals surface area (Å²) in [6, 6.07) is 13.5. The van der Waals surface area contributed by atoms with E-state index in [1.165, 1.54) is 9.80 Å². The fourth-order valence-electron chi connectivity index (χ4n) is 5.21. The summed E-state index contributed by atoms with van der Waals surface area (Å²) in [4.78, 5) is 56.0. The third kappa shape index (κ3) is 6.89. The summed E-state index contributed by atoms with van der Waals surface area (Å²) in [7, 11) is 0. The number of hydrogen-bond acceptors (Lipinski definition) is 4. The van der Waals surface area contributed by atoms with Gasteiger partial charge in [-0.25, -0.2) is 0 Å². The smallest absolute Gasteiger partial charge is 0.243 e. The van der Waals surface area contributed by atoms with Crippen LogP contribution in [-0.2, 0) is 32.1 Å². The quantitative estimate of drug-likeness (QED) is 0.329. The molecule has 1 saturated heterocycles. The van der Waals surface area contributed by atoms with Crippen LogP contribution in [0.4, 0.5) is 0 Å². The summed E-state index contributed by atoms with van der Waals surface area (Å²) >= 11 is 12.6. The molecule has 39 heavy (non-hydrogen) atoms. The number of allylic oxidation sites excluding steroid dienone is 2. The molecule has 0 unspecified atom stereocenters. The molecule has 0 radical (unpaired) electrons. The Morgan fingerprint density at radius 3 is 2.23 bits per heavy atom. The van der Waals surface area contributed by atoms with Gasteiger partial charge in [0.2, 0.25) is 23.6 Å². The van der Waals surface area contributed by atoms with Gasteiger partial charge in [-0.2, -0.15) is 0 Å². The van der Waals surface area contributed by atoms with E-state index in [1.807, 2.05) is 56.3 Å². The first-order valence-corrected chi connectivity index (χ1v) is 14.0. The second-order valence-corrected chi connectivity index (χ2v) is 11.2. The van der Waals surface area contributed by atoms with E-state index in [1.54, 1.807) is 18.2 Å². The highest BCUT2D eigenvalue weighted by Crippen LogP contribution is 2.35. The first kappa shape index (κ1) is 28.8. The molecule has 0 bridgehead atoms. The Kier molecular flexibility index (Phi) is 9.46. The average molecular weight is 571 g/mol. The maximum absolute atomic E-state index is 13.8. The number of likely N-dealkylation sites (tertiary alicyclic amines) is 1. The molecule has 4 rings (SSSR count). The molecule has 1 N–H and O–H groups in total. The number of hydrogen-bond donors (Lipinski definition) is 1. The highest BCUT2D eigenvalue weighted by atomic mass is 35.5. The number of nitrogens with one attached hydrogen (secondary N) is 1. The molecule has 4 amide bonds. The molecule has 1 aliphatic heterocycles. The van der Waals surface area contributed by atoms with Crippen LogP contribution in [0.1, 0.15) is 44.2 Å². The molecule has 2 aromatic carbocycles. The van der Waals surface area contributed by atoms with Crippen LogP contribution in [0.3, 0.4) is 0 Å². The first-order valence-electron chi connectivity index (χ1n) is 13.2. The molecule has 0 saturated carbocycles. The number of fused-ring (bicyclic) bond motifs is 1. The van der Waals surface area contributed by atoms with Gasteiger partial charge in [0.15, 0.2) is 0 Å². The van der Waals surface area contributed by atoms with Gasteiger partial charge in [0.05, 0.1) is 11.8 Å². The Bertz CT molecular complexity index is 1240.